The molecule has 1 saturated heterocycles. The number of hydrogen-bond acceptors (Lipinski definition) is 3. The molecule has 27 heavy (non-hydrogen) atoms. The van der Waals surface area contributed by atoms with Gasteiger partial charge in [0, 0.05) is 26.2 Å². The molecule has 1 atom stereocenters. The van der Waals surface area contributed by atoms with Gasteiger partial charge in [0.2, 0.25) is 10.0 Å². The molecule has 5 rings (SSSR count). The number of fused-ring (bicyclic) bond motifs is 2. The largest absolute Gasteiger partial charge is 0.301 e. The zero-order valence-electron chi connectivity index (χ0n) is 15.1. The number of nitrogens with zero attached hydrogens (tertiary/aromatic N) is 2. The van der Waals surface area contributed by atoms with Gasteiger partial charge in [-0.1, -0.05) is 30.3 Å². The van der Waals surface area contributed by atoms with Gasteiger partial charge in [0.25, 0.3) is 0 Å². The van der Waals surface area contributed by atoms with E-state index in [9.17, 15) is 12.8 Å². The number of hydrogen-bond donors (Lipinski definition) is 0. The van der Waals surface area contributed by atoms with Crippen molar-refractivity contribution in [1.29, 1.82) is 0 Å². The molecule has 2 aliphatic heterocycles. The Labute approximate surface area is 159 Å². The maximum absolute atomic E-state index is 13.4. The fourth-order valence-corrected chi connectivity index (χ4v) is 6.72. The lowest BCUT2D eigenvalue weighted by molar-refractivity contribution is 0.184. The molecule has 2 aromatic carbocycles. The smallest absolute Gasteiger partial charge is 0.244 e. The summed E-state index contributed by atoms with van der Waals surface area (Å²) in [6, 6.07) is 13.6. The minimum absolute atomic E-state index is 0.272. The fourth-order valence-electron chi connectivity index (χ4n) is 4.67. The molecule has 1 saturated carbocycles. The summed E-state index contributed by atoms with van der Waals surface area (Å²) in [4.78, 5) is 2.85. The van der Waals surface area contributed by atoms with Crippen molar-refractivity contribution in [3.8, 4) is 0 Å². The van der Waals surface area contributed by atoms with Crippen LogP contribution in [0.1, 0.15) is 30.4 Å². The van der Waals surface area contributed by atoms with Gasteiger partial charge in [0.15, 0.2) is 0 Å². The van der Waals surface area contributed by atoms with Crippen molar-refractivity contribution in [3.63, 3.8) is 0 Å². The standard InChI is InChI=1S/C21H23FN2O2S/c22-18-9-7-17(8-10-18)14-24-21(11-12-23(15-21)13-16-5-6-16)19-3-1-2-4-20(19)27(24,25)26/h1-4,7-10,16H,5-6,11-15H2/t21-/m0/s1. The minimum Gasteiger partial charge on any atom is -0.301 e. The van der Waals surface area contributed by atoms with E-state index in [-0.39, 0.29) is 12.4 Å². The second kappa shape index (κ2) is 6.12. The third-order valence-electron chi connectivity index (χ3n) is 6.21. The average Bonchev–Trinajstić information content (AvgIpc) is 3.34. The Morgan fingerprint density at radius 1 is 1.07 bits per heavy atom. The Kier molecular flexibility index (Phi) is 3.93. The maximum Gasteiger partial charge on any atom is 0.244 e. The van der Waals surface area contributed by atoms with Gasteiger partial charge in [-0.25, -0.2) is 12.8 Å². The Morgan fingerprint density at radius 2 is 1.81 bits per heavy atom. The van der Waals surface area contributed by atoms with E-state index in [1.54, 1.807) is 28.6 Å². The molecular weight excluding hydrogens is 363 g/mol. The Morgan fingerprint density at radius 3 is 2.56 bits per heavy atom. The second-order valence-electron chi connectivity index (χ2n) is 8.09. The molecule has 2 heterocycles. The van der Waals surface area contributed by atoms with Crippen LogP contribution in [0.15, 0.2) is 53.4 Å². The molecule has 1 spiro atoms. The zero-order valence-corrected chi connectivity index (χ0v) is 16.0. The highest BCUT2D eigenvalue weighted by Crippen LogP contribution is 2.50. The highest BCUT2D eigenvalue weighted by molar-refractivity contribution is 7.89. The molecule has 0 unspecified atom stereocenters. The Hall–Kier alpha value is -1.76. The third kappa shape index (κ3) is 2.82. The molecule has 0 aromatic heterocycles. The van der Waals surface area contributed by atoms with Crippen molar-refractivity contribution < 1.29 is 12.8 Å². The molecule has 3 aliphatic rings. The molecule has 0 amide bonds. The van der Waals surface area contributed by atoms with Crippen molar-refractivity contribution in [2.24, 2.45) is 5.92 Å². The molecule has 6 heteroatoms. The van der Waals surface area contributed by atoms with Crippen molar-refractivity contribution in [2.75, 3.05) is 19.6 Å². The van der Waals surface area contributed by atoms with Crippen LogP contribution in [0.25, 0.3) is 0 Å². The fraction of sp³-hybridized carbons (Fsp3) is 0.429. The average molecular weight is 386 g/mol. The predicted octanol–water partition coefficient (Wildman–Crippen LogP) is 3.34. The van der Waals surface area contributed by atoms with Crippen molar-refractivity contribution in [3.05, 3.63) is 65.5 Å². The van der Waals surface area contributed by atoms with E-state index < -0.39 is 15.6 Å². The lowest BCUT2D eigenvalue weighted by Crippen LogP contribution is -2.45. The molecule has 1 aliphatic carbocycles. The van der Waals surface area contributed by atoms with E-state index in [0.29, 0.717) is 4.90 Å². The van der Waals surface area contributed by atoms with Crippen LogP contribution in [0.5, 0.6) is 0 Å². The molecule has 0 bridgehead atoms. The lowest BCUT2D eigenvalue weighted by atomic mass is 9.88. The topological polar surface area (TPSA) is 40.6 Å². The molecule has 0 N–H and O–H groups in total. The highest BCUT2D eigenvalue weighted by Gasteiger charge is 2.56. The summed E-state index contributed by atoms with van der Waals surface area (Å²) in [5, 5.41) is 0. The van der Waals surface area contributed by atoms with Gasteiger partial charge in [-0.3, -0.25) is 0 Å². The number of rotatable bonds is 4. The van der Waals surface area contributed by atoms with Crippen LogP contribution in [0.4, 0.5) is 4.39 Å². The Bertz CT molecular complexity index is 972. The van der Waals surface area contributed by atoms with Crippen LogP contribution in [-0.4, -0.2) is 37.3 Å². The summed E-state index contributed by atoms with van der Waals surface area (Å²) >= 11 is 0. The molecule has 0 radical (unpaired) electrons. The summed E-state index contributed by atoms with van der Waals surface area (Å²) in [6.07, 6.45) is 3.38. The van der Waals surface area contributed by atoms with Gasteiger partial charge < -0.3 is 4.90 Å². The Balaban J connectivity index is 1.55. The van der Waals surface area contributed by atoms with Gasteiger partial charge in [0.05, 0.1) is 10.4 Å². The molecule has 2 fully saturated rings. The minimum atomic E-state index is -3.57. The first-order valence-corrected chi connectivity index (χ1v) is 11.0. The van der Waals surface area contributed by atoms with Crippen LogP contribution < -0.4 is 0 Å². The molecule has 2 aromatic rings. The number of likely N-dealkylation sites (tertiary alicyclic amines) is 1. The summed E-state index contributed by atoms with van der Waals surface area (Å²) in [6.45, 7) is 2.99. The summed E-state index contributed by atoms with van der Waals surface area (Å²) in [5.41, 5.74) is 1.22. The highest BCUT2D eigenvalue weighted by atomic mass is 32.2. The zero-order chi connectivity index (χ0) is 18.6. The SMILES string of the molecule is O=S1(=O)c2ccccc2[C@@]2(CCN(CC3CC3)C2)N1Cc1ccc(F)cc1. The monoisotopic (exact) mass is 386 g/mol. The lowest BCUT2D eigenvalue weighted by Gasteiger charge is -2.34. The van der Waals surface area contributed by atoms with Gasteiger partial charge >= 0.3 is 0 Å². The summed E-state index contributed by atoms with van der Waals surface area (Å²) in [5.74, 6) is 0.469. The van der Waals surface area contributed by atoms with Gasteiger partial charge in [-0.05, 0) is 54.5 Å². The van der Waals surface area contributed by atoms with E-state index in [1.165, 1.54) is 25.0 Å². The second-order valence-corrected chi connectivity index (χ2v) is 9.93. The first kappa shape index (κ1) is 17.3. The molecule has 142 valence electrons. The summed E-state index contributed by atoms with van der Waals surface area (Å²) in [7, 11) is -3.57. The summed E-state index contributed by atoms with van der Waals surface area (Å²) < 4.78 is 41.8. The van der Waals surface area contributed by atoms with E-state index in [1.807, 2.05) is 12.1 Å². The van der Waals surface area contributed by atoms with Gasteiger partial charge in [-0.15, -0.1) is 0 Å². The normalized spacial score (nSPS) is 27.3. The van der Waals surface area contributed by atoms with Crippen molar-refractivity contribution in [1.82, 2.24) is 9.21 Å². The maximum atomic E-state index is 13.4. The van der Waals surface area contributed by atoms with E-state index in [4.69, 9.17) is 0 Å². The molecule has 4 nitrogen and oxygen atoms in total. The van der Waals surface area contributed by atoms with Crippen LogP contribution in [0.2, 0.25) is 0 Å². The van der Waals surface area contributed by atoms with Crippen LogP contribution in [0, 0.1) is 11.7 Å². The van der Waals surface area contributed by atoms with Crippen molar-refractivity contribution in [2.45, 2.75) is 36.2 Å². The molecular formula is C21H23FN2O2S. The van der Waals surface area contributed by atoms with E-state index >= 15 is 0 Å². The van der Waals surface area contributed by atoms with Gasteiger partial charge in [-0.2, -0.15) is 4.31 Å². The van der Waals surface area contributed by atoms with E-state index in [0.717, 1.165) is 43.1 Å². The third-order valence-corrected chi connectivity index (χ3v) is 8.18. The van der Waals surface area contributed by atoms with Crippen molar-refractivity contribution >= 4 is 10.0 Å². The first-order valence-electron chi connectivity index (χ1n) is 9.58. The first-order chi connectivity index (χ1) is 13.0. The van der Waals surface area contributed by atoms with Crippen LogP contribution >= 0.6 is 0 Å². The predicted molar refractivity (Wildman–Crippen MR) is 101 cm³/mol. The van der Waals surface area contributed by atoms with Gasteiger partial charge in [0.1, 0.15) is 5.82 Å². The number of sulfonamides is 1. The number of halogens is 1. The number of benzene rings is 2. The van der Waals surface area contributed by atoms with Crippen LogP contribution in [0.3, 0.4) is 0 Å². The van der Waals surface area contributed by atoms with E-state index in [2.05, 4.69) is 4.90 Å². The quantitative estimate of drug-likeness (QED) is 0.809. The van der Waals surface area contributed by atoms with Crippen LogP contribution in [-0.2, 0) is 22.1 Å².